The van der Waals surface area contributed by atoms with Crippen molar-refractivity contribution in [2.24, 2.45) is 0 Å². The molecule has 1 aliphatic heterocycles. The van der Waals surface area contributed by atoms with Gasteiger partial charge in [-0.3, -0.25) is 0 Å². The monoisotopic (exact) mass is 1080 g/mol. The minimum atomic E-state index is -1.16. The Bertz CT molecular complexity index is 2870. The second-order valence-corrected chi connectivity index (χ2v) is 20.9. The van der Waals surface area contributed by atoms with Gasteiger partial charge in [0.2, 0.25) is 5.70 Å². The van der Waals surface area contributed by atoms with Gasteiger partial charge in [-0.1, -0.05) is 96.2 Å². The lowest BCUT2D eigenvalue weighted by atomic mass is 9.97. The van der Waals surface area contributed by atoms with Crippen LogP contribution in [0.1, 0.15) is 171 Å². The average molecular weight is 1080 g/mol. The second kappa shape index (κ2) is 31.7. The van der Waals surface area contributed by atoms with Crippen LogP contribution in [0.4, 0.5) is 5.69 Å². The van der Waals surface area contributed by atoms with Crippen LogP contribution in [0.25, 0.3) is 35.2 Å². The summed E-state index contributed by atoms with van der Waals surface area (Å²) in [6.45, 7) is 26.4. The number of unbranched alkanes of at least 4 members (excludes halogenated alkanes) is 7. The fourth-order valence-corrected chi connectivity index (χ4v) is 10.2. The number of allylic oxidation sites excluding steroid dienone is 1. The molecule has 1 N–H and O–H groups in total. The molecule has 0 atom stereocenters. The van der Waals surface area contributed by atoms with E-state index in [1.54, 1.807) is 23.5 Å². The van der Waals surface area contributed by atoms with Gasteiger partial charge in [0.05, 0.1) is 70.2 Å². The number of aromatic carboxylic acids is 1. The van der Waals surface area contributed by atoms with Crippen molar-refractivity contribution in [2.45, 2.75) is 131 Å². The average Bonchev–Trinajstić information content (AvgIpc) is 4.07. The van der Waals surface area contributed by atoms with E-state index in [1.165, 1.54) is 23.5 Å². The van der Waals surface area contributed by atoms with Crippen molar-refractivity contribution in [3.05, 3.63) is 125 Å². The molecule has 4 aromatic rings. The van der Waals surface area contributed by atoms with Crippen LogP contribution in [-0.2, 0) is 9.47 Å². The molecule has 0 spiro atoms. The Morgan fingerprint density at radius 3 is 1.57 bits per heavy atom. The maximum Gasteiger partial charge on any atom is 0.339 e. The number of hydrogen-bond donors (Lipinski definition) is 1. The number of ether oxygens (including phenoxy) is 6. The highest BCUT2D eigenvalue weighted by atomic mass is 32.1. The zero-order chi connectivity index (χ0) is 55.6. The Morgan fingerprint density at radius 2 is 1.12 bits per heavy atom. The van der Waals surface area contributed by atoms with Gasteiger partial charge in [0.15, 0.2) is 34.3 Å². The fraction of sp³-hybridized carbons (Fsp3) is 0.435. The van der Waals surface area contributed by atoms with E-state index < -0.39 is 17.5 Å². The van der Waals surface area contributed by atoms with Crippen molar-refractivity contribution in [3.63, 3.8) is 0 Å². The van der Waals surface area contributed by atoms with Crippen molar-refractivity contribution >= 4 is 70.7 Å². The van der Waals surface area contributed by atoms with E-state index in [2.05, 4.69) is 92.9 Å². The summed E-state index contributed by atoms with van der Waals surface area (Å²) in [5.74, 6) is 0.906. The van der Waals surface area contributed by atoms with Crippen LogP contribution < -0.4 is 23.8 Å². The molecular weight excluding hydrogens is 1010 g/mol. The van der Waals surface area contributed by atoms with Gasteiger partial charge in [0.25, 0.3) is 0 Å². The molecule has 0 aliphatic carbocycles. The molecule has 2 aromatic heterocycles. The topological polar surface area (TPSA) is 165 Å². The molecule has 15 heteroatoms. The van der Waals surface area contributed by atoms with Crippen molar-refractivity contribution in [2.75, 3.05) is 51.0 Å². The number of carboxylic acid groups (broad SMARTS) is 1. The maximum absolute atomic E-state index is 12.5. The van der Waals surface area contributed by atoms with Crippen LogP contribution in [0, 0.1) is 29.2 Å². The molecule has 13 nitrogen and oxygen atoms in total. The predicted octanol–water partition coefficient (Wildman–Crippen LogP) is 16.1. The summed E-state index contributed by atoms with van der Waals surface area (Å²) in [7, 11) is 0. The van der Waals surface area contributed by atoms with Crippen LogP contribution in [0.5, 0.6) is 23.0 Å². The van der Waals surface area contributed by atoms with Gasteiger partial charge in [-0.15, -0.1) is 22.7 Å². The molecule has 0 unspecified atom stereocenters. The third kappa shape index (κ3) is 17.1. The predicted molar refractivity (Wildman–Crippen MR) is 311 cm³/mol. The highest BCUT2D eigenvalue weighted by Crippen LogP contribution is 2.49. The number of rotatable bonds is 33. The molecule has 5 rings (SSSR count). The summed E-state index contributed by atoms with van der Waals surface area (Å²) in [6.07, 6.45) is 22.9. The molecule has 2 aromatic carbocycles. The fourth-order valence-electron chi connectivity index (χ4n) is 8.18. The number of esters is 1. The van der Waals surface area contributed by atoms with Gasteiger partial charge < -0.3 is 38.4 Å². The minimum absolute atomic E-state index is 0.00752. The minimum Gasteiger partial charge on any atom is -0.493 e. The molecule has 0 amide bonds. The highest BCUT2D eigenvalue weighted by molar-refractivity contribution is 7.15. The number of hydrogen-bond acceptors (Lipinski definition) is 13. The van der Waals surface area contributed by atoms with E-state index in [1.807, 2.05) is 38.1 Å². The number of carbonyl (C=O) groups excluding carboxylic acids is 1. The second-order valence-electron chi connectivity index (χ2n) is 18.8. The van der Waals surface area contributed by atoms with Gasteiger partial charge >= 0.3 is 11.9 Å². The van der Waals surface area contributed by atoms with Gasteiger partial charge in [0, 0.05) is 24.4 Å². The number of anilines is 1. The number of nitriles is 2. The first kappa shape index (κ1) is 60.6. The van der Waals surface area contributed by atoms with E-state index in [0.717, 1.165) is 120 Å². The van der Waals surface area contributed by atoms with Crippen molar-refractivity contribution < 1.29 is 43.1 Å². The summed E-state index contributed by atoms with van der Waals surface area (Å²) in [5, 5.41) is 28.7. The highest BCUT2D eigenvalue weighted by Gasteiger charge is 2.39. The first-order valence-corrected chi connectivity index (χ1v) is 28.6. The van der Waals surface area contributed by atoms with E-state index >= 15 is 0 Å². The molecule has 0 bridgehead atoms. The summed E-state index contributed by atoms with van der Waals surface area (Å²) < 4.78 is 37.7. The van der Waals surface area contributed by atoms with Crippen molar-refractivity contribution in [3.8, 4) is 35.1 Å². The Morgan fingerprint density at radius 1 is 0.649 bits per heavy atom. The SMILES string of the molecule is [C-]#[N+]C1=C(C=Cc2sc(C=Cc3sc(C=Cc4ccc(N(CC)CCCCCCOC(=O)c5ccccc5C(=O)O)cc4)c(OCCCC)c3OCCCC)c(OCCCC)c2OCCCC)C(C)(C)OC1=C(C#N)C#N. The lowest BCUT2D eigenvalue weighted by molar-refractivity contribution is 0.0487. The Balaban J connectivity index is 1.40. The maximum atomic E-state index is 12.5. The first-order chi connectivity index (χ1) is 37.4. The summed E-state index contributed by atoms with van der Waals surface area (Å²) in [4.78, 5) is 33.6. The van der Waals surface area contributed by atoms with Crippen molar-refractivity contribution in [1.82, 2.24) is 0 Å². The Labute approximate surface area is 464 Å². The number of benzene rings is 2. The smallest absolute Gasteiger partial charge is 0.339 e. The quantitative estimate of drug-likeness (QED) is 0.0208. The van der Waals surface area contributed by atoms with E-state index in [-0.39, 0.29) is 34.8 Å². The number of carbonyl (C=O) groups is 2. The third-order valence-corrected chi connectivity index (χ3v) is 14.7. The van der Waals surface area contributed by atoms with Crippen molar-refractivity contribution in [1.29, 1.82) is 10.5 Å². The lowest BCUT2D eigenvalue weighted by Crippen LogP contribution is -2.23. The van der Waals surface area contributed by atoms with Gasteiger partial charge in [0.1, 0.15) is 17.7 Å². The first-order valence-electron chi connectivity index (χ1n) is 27.0. The molecule has 3 heterocycles. The van der Waals surface area contributed by atoms with E-state index in [0.29, 0.717) is 55.7 Å². The molecule has 0 saturated carbocycles. The Kier molecular flexibility index (Phi) is 25.0. The molecular formula is C62H74N4O9S2. The molecule has 77 heavy (non-hydrogen) atoms. The normalized spacial score (nSPS) is 12.9. The summed E-state index contributed by atoms with van der Waals surface area (Å²) in [5.41, 5.74) is 1.65. The van der Waals surface area contributed by atoms with Crippen LogP contribution in [-0.4, -0.2) is 68.8 Å². The zero-order valence-corrected chi connectivity index (χ0v) is 47.5. The zero-order valence-electron chi connectivity index (χ0n) is 45.8. The van der Waals surface area contributed by atoms with E-state index in [9.17, 15) is 25.2 Å². The third-order valence-electron chi connectivity index (χ3n) is 12.6. The van der Waals surface area contributed by atoms with Gasteiger partial charge in [-0.2, -0.15) is 10.5 Å². The molecule has 0 radical (unpaired) electrons. The van der Waals surface area contributed by atoms with Crippen LogP contribution in [0.3, 0.4) is 0 Å². The summed E-state index contributed by atoms with van der Waals surface area (Å²) in [6, 6.07) is 18.4. The molecule has 0 saturated heterocycles. The number of carboxylic acids is 1. The van der Waals surface area contributed by atoms with Gasteiger partial charge in [-0.25, -0.2) is 14.4 Å². The van der Waals surface area contributed by atoms with Crippen LogP contribution in [0.15, 0.2) is 77.2 Å². The largest absolute Gasteiger partial charge is 0.493 e. The van der Waals surface area contributed by atoms with Crippen LogP contribution >= 0.6 is 22.7 Å². The lowest BCUT2D eigenvalue weighted by Gasteiger charge is -2.23. The molecule has 1 aliphatic rings. The van der Waals surface area contributed by atoms with Crippen LogP contribution in [0.2, 0.25) is 0 Å². The number of thiophene rings is 2. The van der Waals surface area contributed by atoms with E-state index in [4.69, 9.17) is 35.0 Å². The molecule has 0 fully saturated rings. The number of nitrogens with zero attached hydrogens (tertiary/aromatic N) is 4. The van der Waals surface area contributed by atoms with Gasteiger partial charge in [-0.05, 0) is 120 Å². The standard InChI is InChI=1S/C62H74N4O9S2/c1-9-14-37-70-56-50(32-28-44-26-29-46(30-27-44)66(13-5)36-22-18-19-23-41-74-61(69)48-25-21-20-24-47(48)60(67)68)76-52(58(56)72-39-16-11-3)34-35-53-59(73-40-17-12-4)57(71-38-15-10-2)51(77-53)33-31-49-54(65-8)55(45(42-63)43-64)75-62(49,6)7/h20-21,24-35H,9-19,22-23,36-41H2,1-7H3,(H,67,68). The molecule has 408 valence electrons. The summed E-state index contributed by atoms with van der Waals surface area (Å²) >= 11 is 3.12. The Hall–Kier alpha value is -7.25.